The van der Waals surface area contributed by atoms with Crippen molar-refractivity contribution in [3.63, 3.8) is 0 Å². The van der Waals surface area contributed by atoms with Gasteiger partial charge in [-0.05, 0) is 37.0 Å². The standard InChI is InChI=1S/C16H20FNO3/c1-21-16(20)10-9-15(19)18-11-3-2-4-14(18)12-5-7-13(17)8-6-12/h5-8,14H,2-4,9-11H2,1H3. The average Bonchev–Trinajstić information content (AvgIpc) is 2.53. The highest BCUT2D eigenvalue weighted by atomic mass is 19.1. The highest BCUT2D eigenvalue weighted by molar-refractivity contribution is 5.81. The number of carbonyl (C=O) groups is 2. The van der Waals surface area contributed by atoms with Gasteiger partial charge < -0.3 is 9.64 Å². The molecule has 1 aromatic carbocycles. The number of halogens is 1. The number of methoxy groups -OCH3 is 1. The van der Waals surface area contributed by atoms with Crippen molar-refractivity contribution < 1.29 is 18.7 Å². The highest BCUT2D eigenvalue weighted by Crippen LogP contribution is 2.31. The molecule has 1 unspecified atom stereocenters. The Bertz CT molecular complexity index is 501. The second-order valence-electron chi connectivity index (χ2n) is 5.23. The fourth-order valence-electron chi connectivity index (χ4n) is 2.72. The lowest BCUT2D eigenvalue weighted by atomic mass is 9.94. The SMILES string of the molecule is COC(=O)CCC(=O)N1CCCCC1c1ccc(F)cc1. The molecule has 0 radical (unpaired) electrons. The Morgan fingerprint density at radius 2 is 1.95 bits per heavy atom. The van der Waals surface area contributed by atoms with Crippen molar-refractivity contribution in [1.82, 2.24) is 4.90 Å². The van der Waals surface area contributed by atoms with Gasteiger partial charge in [0.25, 0.3) is 0 Å². The number of piperidine rings is 1. The van der Waals surface area contributed by atoms with Crippen LogP contribution in [0.25, 0.3) is 0 Å². The van der Waals surface area contributed by atoms with Crippen LogP contribution in [0.5, 0.6) is 0 Å². The molecule has 5 heteroatoms. The van der Waals surface area contributed by atoms with E-state index in [0.717, 1.165) is 24.8 Å². The minimum Gasteiger partial charge on any atom is -0.469 e. The Kier molecular flexibility index (Phi) is 5.31. The van der Waals surface area contributed by atoms with Gasteiger partial charge in [0.1, 0.15) is 5.82 Å². The Morgan fingerprint density at radius 1 is 1.24 bits per heavy atom. The van der Waals surface area contributed by atoms with Gasteiger partial charge >= 0.3 is 5.97 Å². The molecule has 1 aromatic rings. The van der Waals surface area contributed by atoms with E-state index in [1.807, 2.05) is 0 Å². The van der Waals surface area contributed by atoms with Crippen molar-refractivity contribution in [2.75, 3.05) is 13.7 Å². The van der Waals surface area contributed by atoms with Crippen LogP contribution in [0.4, 0.5) is 4.39 Å². The third kappa shape index (κ3) is 4.03. The van der Waals surface area contributed by atoms with E-state index in [1.165, 1.54) is 19.2 Å². The Hall–Kier alpha value is -1.91. The predicted octanol–water partition coefficient (Wildman–Crippen LogP) is 2.83. The average molecular weight is 293 g/mol. The molecule has 4 nitrogen and oxygen atoms in total. The Balaban J connectivity index is 2.06. The molecule has 1 amide bonds. The predicted molar refractivity (Wildman–Crippen MR) is 76.0 cm³/mol. The Labute approximate surface area is 123 Å². The maximum atomic E-state index is 13.0. The molecule has 0 bridgehead atoms. The third-order valence-electron chi connectivity index (χ3n) is 3.85. The molecule has 1 aliphatic rings. The summed E-state index contributed by atoms with van der Waals surface area (Å²) in [7, 11) is 1.31. The van der Waals surface area contributed by atoms with E-state index in [1.54, 1.807) is 17.0 Å². The summed E-state index contributed by atoms with van der Waals surface area (Å²) < 4.78 is 17.6. The highest BCUT2D eigenvalue weighted by Gasteiger charge is 2.28. The van der Waals surface area contributed by atoms with Gasteiger partial charge in [0.15, 0.2) is 0 Å². The summed E-state index contributed by atoms with van der Waals surface area (Å²) in [6.45, 7) is 0.683. The quantitative estimate of drug-likeness (QED) is 0.802. The molecule has 114 valence electrons. The number of likely N-dealkylation sites (tertiary alicyclic amines) is 1. The van der Waals surface area contributed by atoms with E-state index in [-0.39, 0.29) is 36.6 Å². The summed E-state index contributed by atoms with van der Waals surface area (Å²) in [6, 6.07) is 6.27. The zero-order valence-corrected chi connectivity index (χ0v) is 12.2. The fraction of sp³-hybridized carbons (Fsp3) is 0.500. The molecule has 21 heavy (non-hydrogen) atoms. The van der Waals surface area contributed by atoms with E-state index in [2.05, 4.69) is 4.74 Å². The second kappa shape index (κ2) is 7.20. The third-order valence-corrected chi connectivity index (χ3v) is 3.85. The molecule has 1 atom stereocenters. The van der Waals surface area contributed by atoms with Gasteiger partial charge in [-0.15, -0.1) is 0 Å². The van der Waals surface area contributed by atoms with E-state index in [0.29, 0.717) is 6.54 Å². The number of hydrogen-bond donors (Lipinski definition) is 0. The van der Waals surface area contributed by atoms with E-state index >= 15 is 0 Å². The van der Waals surface area contributed by atoms with Gasteiger partial charge in [0, 0.05) is 13.0 Å². The van der Waals surface area contributed by atoms with E-state index < -0.39 is 0 Å². The molecule has 0 N–H and O–H groups in total. The van der Waals surface area contributed by atoms with Gasteiger partial charge in [-0.3, -0.25) is 9.59 Å². The molecule has 1 saturated heterocycles. The summed E-state index contributed by atoms with van der Waals surface area (Å²) in [6.07, 6.45) is 3.13. The lowest BCUT2D eigenvalue weighted by molar-refractivity contribution is -0.144. The van der Waals surface area contributed by atoms with Gasteiger partial charge in [0.05, 0.1) is 19.6 Å². The van der Waals surface area contributed by atoms with Crippen LogP contribution < -0.4 is 0 Å². The summed E-state index contributed by atoms with van der Waals surface area (Å²) in [5.74, 6) is -0.703. The number of esters is 1. The maximum Gasteiger partial charge on any atom is 0.306 e. The zero-order valence-electron chi connectivity index (χ0n) is 12.2. The molecular formula is C16H20FNO3. The van der Waals surface area contributed by atoms with Gasteiger partial charge in [-0.2, -0.15) is 0 Å². The smallest absolute Gasteiger partial charge is 0.306 e. The number of carbonyl (C=O) groups excluding carboxylic acids is 2. The van der Waals surface area contributed by atoms with Crippen LogP contribution in [0, 0.1) is 5.82 Å². The lowest BCUT2D eigenvalue weighted by Gasteiger charge is -2.36. The molecule has 0 saturated carbocycles. The van der Waals surface area contributed by atoms with Gasteiger partial charge in [-0.1, -0.05) is 12.1 Å². The van der Waals surface area contributed by atoms with E-state index in [9.17, 15) is 14.0 Å². The summed E-state index contributed by atoms with van der Waals surface area (Å²) >= 11 is 0. The van der Waals surface area contributed by atoms with Crippen LogP contribution in [0.2, 0.25) is 0 Å². The molecule has 0 aliphatic carbocycles. The van der Waals surface area contributed by atoms with Crippen molar-refractivity contribution in [3.8, 4) is 0 Å². The molecule has 2 rings (SSSR count). The molecule has 1 heterocycles. The van der Waals surface area contributed by atoms with Crippen LogP contribution in [0.15, 0.2) is 24.3 Å². The summed E-state index contributed by atoms with van der Waals surface area (Å²) in [5, 5.41) is 0. The van der Waals surface area contributed by atoms with Crippen molar-refractivity contribution in [1.29, 1.82) is 0 Å². The van der Waals surface area contributed by atoms with Gasteiger partial charge in [-0.25, -0.2) is 4.39 Å². The molecule has 0 spiro atoms. The first-order valence-corrected chi connectivity index (χ1v) is 7.23. The molecule has 1 aliphatic heterocycles. The summed E-state index contributed by atoms with van der Waals surface area (Å²) in [5.41, 5.74) is 0.947. The molecule has 1 fully saturated rings. The largest absolute Gasteiger partial charge is 0.469 e. The maximum absolute atomic E-state index is 13.0. The van der Waals surface area contributed by atoms with Crippen LogP contribution in [0.3, 0.4) is 0 Å². The van der Waals surface area contributed by atoms with Crippen molar-refractivity contribution in [2.45, 2.75) is 38.1 Å². The lowest BCUT2D eigenvalue weighted by Crippen LogP contribution is -2.38. The van der Waals surface area contributed by atoms with Crippen molar-refractivity contribution >= 4 is 11.9 Å². The number of ether oxygens (including phenoxy) is 1. The number of amides is 1. The first-order valence-electron chi connectivity index (χ1n) is 7.23. The monoisotopic (exact) mass is 293 g/mol. The number of rotatable bonds is 4. The van der Waals surface area contributed by atoms with Crippen molar-refractivity contribution in [3.05, 3.63) is 35.6 Å². The number of hydrogen-bond acceptors (Lipinski definition) is 3. The fourth-order valence-corrected chi connectivity index (χ4v) is 2.72. The van der Waals surface area contributed by atoms with Crippen LogP contribution in [0.1, 0.15) is 43.7 Å². The first-order chi connectivity index (χ1) is 10.1. The molecule has 0 aromatic heterocycles. The number of nitrogens with zero attached hydrogens (tertiary/aromatic N) is 1. The van der Waals surface area contributed by atoms with E-state index in [4.69, 9.17) is 0 Å². The first kappa shape index (κ1) is 15.5. The normalized spacial score (nSPS) is 18.4. The Morgan fingerprint density at radius 3 is 2.62 bits per heavy atom. The topological polar surface area (TPSA) is 46.6 Å². The molecular weight excluding hydrogens is 273 g/mol. The number of benzene rings is 1. The zero-order chi connectivity index (χ0) is 15.2. The minimum atomic E-state index is -0.376. The van der Waals surface area contributed by atoms with Crippen LogP contribution in [-0.4, -0.2) is 30.4 Å². The minimum absolute atomic E-state index is 0.0236. The summed E-state index contributed by atoms with van der Waals surface area (Å²) in [4.78, 5) is 25.3. The van der Waals surface area contributed by atoms with Gasteiger partial charge in [0.2, 0.25) is 5.91 Å². The second-order valence-corrected chi connectivity index (χ2v) is 5.23. The van der Waals surface area contributed by atoms with Crippen LogP contribution >= 0.6 is 0 Å². The van der Waals surface area contributed by atoms with Crippen molar-refractivity contribution in [2.24, 2.45) is 0 Å². The van der Waals surface area contributed by atoms with Crippen LogP contribution in [-0.2, 0) is 14.3 Å².